The van der Waals surface area contributed by atoms with Gasteiger partial charge in [-0.05, 0) is 50.4 Å². The summed E-state index contributed by atoms with van der Waals surface area (Å²) in [4.78, 5) is 51.6. The van der Waals surface area contributed by atoms with E-state index in [1.165, 1.54) is 0 Å². The molecular formula is C31H38O8S. The number of allylic oxidation sites excluding steroid dienone is 5. The fraction of sp³-hybridized carbons (Fsp3) is 0.548. The highest BCUT2D eigenvalue weighted by Gasteiger charge is 2.58. The van der Waals surface area contributed by atoms with Crippen LogP contribution in [0.5, 0.6) is 0 Å². The molecule has 2 aliphatic heterocycles. The number of esters is 1. The van der Waals surface area contributed by atoms with Crippen LogP contribution in [-0.4, -0.2) is 61.5 Å². The average Bonchev–Trinajstić information content (AvgIpc) is 3.44. The van der Waals surface area contributed by atoms with Gasteiger partial charge >= 0.3 is 11.9 Å². The van der Waals surface area contributed by atoms with Crippen LogP contribution in [0.1, 0.15) is 52.9 Å². The molecule has 1 saturated heterocycles. The van der Waals surface area contributed by atoms with Crippen LogP contribution in [-0.2, 0) is 23.9 Å². The van der Waals surface area contributed by atoms with E-state index in [1.807, 2.05) is 63.3 Å². The lowest BCUT2D eigenvalue weighted by atomic mass is 9.69. The first kappa shape index (κ1) is 30.1. The normalized spacial score (nSPS) is 39.5. The van der Waals surface area contributed by atoms with Gasteiger partial charge in [-0.25, -0.2) is 9.59 Å². The van der Waals surface area contributed by atoms with Gasteiger partial charge in [0.1, 0.15) is 5.57 Å². The average molecular weight is 571 g/mol. The van der Waals surface area contributed by atoms with Crippen LogP contribution >= 0.6 is 11.8 Å². The van der Waals surface area contributed by atoms with E-state index >= 15 is 0 Å². The number of thioether (sulfide) groups is 1. The van der Waals surface area contributed by atoms with Gasteiger partial charge < -0.3 is 20.1 Å². The third-order valence-corrected chi connectivity index (χ3v) is 10.2. The number of carboxylic acid groups (broad SMARTS) is 1. The molecule has 0 aromatic carbocycles. The lowest BCUT2D eigenvalue weighted by molar-refractivity contribution is -0.154. The number of carbonyl (C=O) groups excluding carboxylic acids is 3. The molecule has 0 radical (unpaired) electrons. The highest BCUT2D eigenvalue weighted by molar-refractivity contribution is 8.01. The Morgan fingerprint density at radius 2 is 1.68 bits per heavy atom. The number of rotatable bonds is 2. The summed E-state index contributed by atoms with van der Waals surface area (Å²) >= 11 is 1.11. The summed E-state index contributed by atoms with van der Waals surface area (Å²) in [7, 11) is 0. The van der Waals surface area contributed by atoms with E-state index in [0.717, 1.165) is 17.3 Å². The summed E-state index contributed by atoms with van der Waals surface area (Å²) in [5.74, 6) is -6.37. The van der Waals surface area contributed by atoms with Gasteiger partial charge in [0.05, 0.1) is 11.4 Å². The van der Waals surface area contributed by atoms with Crippen molar-refractivity contribution in [3.63, 3.8) is 0 Å². The van der Waals surface area contributed by atoms with Gasteiger partial charge in [-0.2, -0.15) is 0 Å². The highest BCUT2D eigenvalue weighted by Crippen LogP contribution is 2.51. The van der Waals surface area contributed by atoms with Crippen LogP contribution in [0.3, 0.4) is 0 Å². The van der Waals surface area contributed by atoms with Crippen molar-refractivity contribution in [2.75, 3.05) is 5.75 Å². The lowest BCUT2D eigenvalue weighted by Crippen LogP contribution is -2.44. The van der Waals surface area contributed by atoms with Crippen molar-refractivity contribution in [2.24, 2.45) is 29.6 Å². The number of ketones is 2. The lowest BCUT2D eigenvalue weighted by Gasteiger charge is -2.40. The standard InChI is InChI=1S/C31H38O8S/c1-17-10-8-9-13-21(32)12-7-5-4-6-11-20-14-18(2)19(3)15-31(20)28(35)24(30(38)39-31)25(33)22-16-40-27(23(17)22)26(34)29(36)37/h4-9,14,17,19-23,27,32,35H,10-13,15-16H2,1-3H3,(H,36,37)/b6-4+,7-5+,9-8+/t17-,19+,20-,21-,22-,23+,27+,31-/m1/s1. The van der Waals surface area contributed by atoms with Crippen LogP contribution in [0, 0.1) is 29.6 Å². The van der Waals surface area contributed by atoms with Crippen molar-refractivity contribution in [3.05, 3.63) is 59.4 Å². The van der Waals surface area contributed by atoms with Crippen molar-refractivity contribution in [3.8, 4) is 0 Å². The SMILES string of the molecule is CC1=C[C@H]2C/C=C/C=C/C[C@@H](O)C/C=C/C[C@@H](C)[C@@H]3[C@@H](C(=O)C(=O)O)SC[C@H]3C(=O)C3=C(O)[C@]2(C[C@@H]1C)OC3=O. The summed E-state index contributed by atoms with van der Waals surface area (Å²) in [5.41, 5.74) is -0.648. The van der Waals surface area contributed by atoms with Crippen LogP contribution in [0.4, 0.5) is 0 Å². The molecule has 1 fully saturated rings. The molecule has 0 aromatic heterocycles. The molecule has 1 spiro atoms. The maximum absolute atomic E-state index is 14.0. The molecule has 2 bridgehead atoms. The number of Topliss-reactive ketones (excluding diaryl/α,β-unsaturated/α-hetero) is 2. The van der Waals surface area contributed by atoms with E-state index in [2.05, 4.69) is 0 Å². The maximum Gasteiger partial charge on any atom is 0.373 e. The molecule has 8 nitrogen and oxygen atoms in total. The van der Waals surface area contributed by atoms with Crippen LogP contribution in [0.2, 0.25) is 0 Å². The molecule has 8 atom stereocenters. The first-order valence-corrected chi connectivity index (χ1v) is 15.0. The van der Waals surface area contributed by atoms with E-state index in [1.54, 1.807) is 0 Å². The minimum atomic E-state index is -1.56. The van der Waals surface area contributed by atoms with Crippen LogP contribution in [0.25, 0.3) is 0 Å². The van der Waals surface area contributed by atoms with E-state index in [4.69, 9.17) is 4.74 Å². The molecule has 9 heteroatoms. The van der Waals surface area contributed by atoms with Gasteiger partial charge in [-0.3, -0.25) is 9.59 Å². The van der Waals surface area contributed by atoms with Crippen LogP contribution in [0.15, 0.2) is 59.4 Å². The van der Waals surface area contributed by atoms with E-state index < -0.39 is 58.2 Å². The summed E-state index contributed by atoms with van der Waals surface area (Å²) < 4.78 is 5.91. The molecule has 2 heterocycles. The van der Waals surface area contributed by atoms with E-state index in [-0.39, 0.29) is 28.9 Å². The van der Waals surface area contributed by atoms with Crippen molar-refractivity contribution in [1.29, 1.82) is 0 Å². The van der Waals surface area contributed by atoms with Gasteiger partial charge in [-0.1, -0.05) is 62.0 Å². The quantitative estimate of drug-likeness (QED) is 0.189. The fourth-order valence-corrected chi connectivity index (χ4v) is 8.12. The number of carbonyl (C=O) groups is 4. The summed E-state index contributed by atoms with van der Waals surface area (Å²) in [6.45, 7) is 5.83. The fourth-order valence-electron chi connectivity index (χ4n) is 6.40. The predicted octanol–water partition coefficient (Wildman–Crippen LogP) is 4.51. The topological polar surface area (TPSA) is 138 Å². The number of aliphatic hydroxyl groups is 2. The Hall–Kier alpha value is -2.91. The van der Waals surface area contributed by atoms with Gasteiger partial charge in [0.15, 0.2) is 17.1 Å². The molecular weight excluding hydrogens is 532 g/mol. The largest absolute Gasteiger partial charge is 0.507 e. The number of hydrogen-bond acceptors (Lipinski definition) is 8. The summed E-state index contributed by atoms with van der Waals surface area (Å²) in [5, 5.41) is 30.4. The van der Waals surface area contributed by atoms with Gasteiger partial charge in [-0.15, -0.1) is 11.8 Å². The van der Waals surface area contributed by atoms with E-state index in [0.29, 0.717) is 32.1 Å². The number of carboxylic acids is 1. The third-order valence-electron chi connectivity index (χ3n) is 8.81. The Morgan fingerprint density at radius 3 is 2.38 bits per heavy atom. The Kier molecular flexibility index (Phi) is 9.25. The number of hydrogen-bond donors (Lipinski definition) is 3. The minimum Gasteiger partial charge on any atom is -0.507 e. The van der Waals surface area contributed by atoms with Crippen LogP contribution < -0.4 is 0 Å². The Labute approximate surface area is 238 Å². The molecule has 0 saturated carbocycles. The molecule has 2 aliphatic carbocycles. The van der Waals surface area contributed by atoms with E-state index in [9.17, 15) is 34.5 Å². The number of fused-ring (bicyclic) bond motifs is 1. The smallest absolute Gasteiger partial charge is 0.373 e. The maximum atomic E-state index is 14.0. The molecule has 40 heavy (non-hydrogen) atoms. The second-order valence-corrected chi connectivity index (χ2v) is 12.7. The number of aliphatic hydroxyl groups excluding tert-OH is 2. The second-order valence-electron chi connectivity index (χ2n) is 11.5. The zero-order chi connectivity index (χ0) is 29.2. The van der Waals surface area contributed by atoms with Gasteiger partial charge in [0.25, 0.3) is 5.78 Å². The zero-order valence-electron chi connectivity index (χ0n) is 23.1. The number of aliphatic carboxylic acids is 1. The first-order valence-electron chi connectivity index (χ1n) is 13.9. The van der Waals surface area contributed by atoms with Crippen molar-refractivity contribution in [1.82, 2.24) is 0 Å². The molecule has 4 rings (SSSR count). The summed E-state index contributed by atoms with van der Waals surface area (Å²) in [6.07, 6.45) is 14.8. The van der Waals surface area contributed by atoms with Crippen molar-refractivity contribution in [2.45, 2.75) is 69.8 Å². The molecule has 0 unspecified atom stereocenters. The second kappa shape index (κ2) is 12.3. The minimum absolute atomic E-state index is 0.00628. The zero-order valence-corrected chi connectivity index (χ0v) is 23.9. The molecule has 0 amide bonds. The third kappa shape index (κ3) is 5.77. The molecule has 0 aromatic rings. The van der Waals surface area contributed by atoms with Gasteiger partial charge in [0.2, 0.25) is 0 Å². The van der Waals surface area contributed by atoms with Gasteiger partial charge in [0, 0.05) is 24.0 Å². The highest BCUT2D eigenvalue weighted by atomic mass is 32.2. The molecule has 3 N–H and O–H groups in total. The monoisotopic (exact) mass is 570 g/mol. The number of ether oxygens (including phenoxy) is 1. The van der Waals surface area contributed by atoms with Crippen molar-refractivity contribution < 1.29 is 39.2 Å². The first-order chi connectivity index (χ1) is 19.0. The predicted molar refractivity (Wildman–Crippen MR) is 151 cm³/mol. The van der Waals surface area contributed by atoms with Crippen molar-refractivity contribution >= 4 is 35.3 Å². The Balaban J connectivity index is 1.79. The Morgan fingerprint density at radius 1 is 1.02 bits per heavy atom. The molecule has 4 aliphatic rings. The molecule has 216 valence electrons. The Bertz CT molecular complexity index is 1210. The summed E-state index contributed by atoms with van der Waals surface area (Å²) in [6, 6.07) is 0.